The fourth-order valence-electron chi connectivity index (χ4n) is 4.35. The smallest absolute Gasteiger partial charge is 0.230 e. The second-order valence-electron chi connectivity index (χ2n) is 6.58. The molecule has 0 spiro atoms. The van der Waals surface area contributed by atoms with Gasteiger partial charge in [-0.1, -0.05) is 12.8 Å². The molecule has 0 bridgehead atoms. The highest BCUT2D eigenvalue weighted by Gasteiger charge is 2.51. The molecule has 0 aromatic rings. The topological polar surface area (TPSA) is 44.4 Å². The third-order valence-corrected chi connectivity index (χ3v) is 5.65. The lowest BCUT2D eigenvalue weighted by atomic mass is 9.67. The van der Waals surface area contributed by atoms with Crippen molar-refractivity contribution in [2.45, 2.75) is 44.6 Å². The maximum absolute atomic E-state index is 13.0. The minimum Gasteiger partial charge on any atom is -0.342 e. The Balaban J connectivity index is 0.00000110. The Kier molecular flexibility index (Phi) is 7.25. The number of rotatable bonds is 2. The van der Waals surface area contributed by atoms with Gasteiger partial charge in [-0.3, -0.25) is 4.79 Å². The van der Waals surface area contributed by atoms with Crippen molar-refractivity contribution in [1.82, 2.24) is 15.5 Å². The molecule has 2 N–H and O–H groups in total. The largest absolute Gasteiger partial charge is 0.342 e. The standard InChI is InChI=1S/C15H27N3O.2ClH/c1-16-13-5-8-18(9-6-13)14(19)15-7-3-2-4-12(15)10-17-11-15;;/h12-13,16-17H,2-11H2,1H3;2*1H/t12-,15+;;/m0../s1. The van der Waals surface area contributed by atoms with Gasteiger partial charge in [0.15, 0.2) is 0 Å². The van der Waals surface area contributed by atoms with Crippen molar-refractivity contribution in [2.24, 2.45) is 11.3 Å². The molecule has 0 unspecified atom stereocenters. The van der Waals surface area contributed by atoms with Gasteiger partial charge in [0, 0.05) is 25.7 Å². The zero-order chi connectivity index (χ0) is 13.3. The summed E-state index contributed by atoms with van der Waals surface area (Å²) in [4.78, 5) is 15.2. The van der Waals surface area contributed by atoms with E-state index in [0.29, 0.717) is 17.9 Å². The van der Waals surface area contributed by atoms with E-state index < -0.39 is 0 Å². The lowest BCUT2D eigenvalue weighted by Crippen LogP contribution is -2.53. The summed E-state index contributed by atoms with van der Waals surface area (Å²) >= 11 is 0. The number of hydrogen-bond acceptors (Lipinski definition) is 3. The van der Waals surface area contributed by atoms with Crippen molar-refractivity contribution in [3.8, 4) is 0 Å². The van der Waals surface area contributed by atoms with Gasteiger partial charge in [0.05, 0.1) is 5.41 Å². The molecule has 0 aromatic heterocycles. The van der Waals surface area contributed by atoms with Crippen LogP contribution in [-0.2, 0) is 4.79 Å². The molecule has 3 aliphatic rings. The molecule has 3 fully saturated rings. The summed E-state index contributed by atoms with van der Waals surface area (Å²) in [5.41, 5.74) is -0.0509. The summed E-state index contributed by atoms with van der Waals surface area (Å²) < 4.78 is 0. The first kappa shape index (κ1) is 19.0. The minimum atomic E-state index is -0.0509. The van der Waals surface area contributed by atoms with Crippen LogP contribution in [0.15, 0.2) is 0 Å². The SMILES string of the molecule is CNC1CCN(C(=O)[C@@]23CCCC[C@H]2CNC3)CC1.Cl.Cl. The predicted octanol–water partition coefficient (Wildman–Crippen LogP) is 1.82. The van der Waals surface area contributed by atoms with E-state index in [2.05, 4.69) is 15.5 Å². The highest BCUT2D eigenvalue weighted by atomic mass is 35.5. The van der Waals surface area contributed by atoms with Crippen molar-refractivity contribution in [2.75, 3.05) is 33.2 Å². The number of likely N-dealkylation sites (tertiary alicyclic amines) is 1. The third-order valence-electron chi connectivity index (χ3n) is 5.65. The Morgan fingerprint density at radius 2 is 1.90 bits per heavy atom. The lowest BCUT2D eigenvalue weighted by molar-refractivity contribution is -0.146. The predicted molar refractivity (Wildman–Crippen MR) is 90.4 cm³/mol. The number of carbonyl (C=O) groups is 1. The first-order valence-corrected chi connectivity index (χ1v) is 7.93. The van der Waals surface area contributed by atoms with Crippen LogP contribution >= 0.6 is 24.8 Å². The van der Waals surface area contributed by atoms with Gasteiger partial charge in [0.1, 0.15) is 0 Å². The van der Waals surface area contributed by atoms with Crippen LogP contribution in [0.3, 0.4) is 0 Å². The molecule has 2 heterocycles. The highest BCUT2D eigenvalue weighted by Crippen LogP contribution is 2.45. The van der Waals surface area contributed by atoms with E-state index in [-0.39, 0.29) is 30.2 Å². The zero-order valence-electron chi connectivity index (χ0n) is 12.9. The number of carbonyl (C=O) groups excluding carboxylic acids is 1. The second kappa shape index (κ2) is 8.00. The van der Waals surface area contributed by atoms with Gasteiger partial charge in [-0.25, -0.2) is 0 Å². The first-order valence-electron chi connectivity index (χ1n) is 7.93. The molecule has 1 aliphatic carbocycles. The van der Waals surface area contributed by atoms with Crippen molar-refractivity contribution >= 4 is 30.7 Å². The minimum absolute atomic E-state index is 0. The second-order valence-corrected chi connectivity index (χ2v) is 6.58. The monoisotopic (exact) mass is 337 g/mol. The molecule has 2 saturated heterocycles. The molecule has 21 heavy (non-hydrogen) atoms. The quantitative estimate of drug-likeness (QED) is 0.807. The van der Waals surface area contributed by atoms with Crippen molar-refractivity contribution in [1.29, 1.82) is 0 Å². The third kappa shape index (κ3) is 3.49. The lowest BCUT2D eigenvalue weighted by Gasteiger charge is -2.43. The number of fused-ring (bicyclic) bond motifs is 1. The molecule has 1 amide bonds. The summed E-state index contributed by atoms with van der Waals surface area (Å²) in [7, 11) is 2.03. The van der Waals surface area contributed by atoms with Gasteiger partial charge in [-0.2, -0.15) is 0 Å². The van der Waals surface area contributed by atoms with Gasteiger partial charge in [-0.05, 0) is 45.2 Å². The molecule has 4 nitrogen and oxygen atoms in total. The van der Waals surface area contributed by atoms with E-state index in [1.165, 1.54) is 19.3 Å². The normalized spacial score (nSPS) is 32.8. The summed E-state index contributed by atoms with van der Waals surface area (Å²) in [5, 5.41) is 6.82. The van der Waals surface area contributed by atoms with Gasteiger partial charge < -0.3 is 15.5 Å². The maximum atomic E-state index is 13.0. The van der Waals surface area contributed by atoms with Crippen molar-refractivity contribution in [3.05, 3.63) is 0 Å². The van der Waals surface area contributed by atoms with Crippen LogP contribution in [0.2, 0.25) is 0 Å². The number of hydrogen-bond donors (Lipinski definition) is 2. The van der Waals surface area contributed by atoms with Crippen molar-refractivity contribution in [3.63, 3.8) is 0 Å². The summed E-state index contributed by atoms with van der Waals surface area (Å²) in [5.74, 6) is 1.05. The first-order chi connectivity index (χ1) is 9.26. The van der Waals surface area contributed by atoms with Crippen LogP contribution in [0, 0.1) is 11.3 Å². The molecular weight excluding hydrogens is 309 g/mol. The van der Waals surface area contributed by atoms with Crippen LogP contribution in [0.5, 0.6) is 0 Å². The number of nitrogens with one attached hydrogen (secondary N) is 2. The van der Waals surface area contributed by atoms with E-state index in [0.717, 1.165) is 45.4 Å². The highest BCUT2D eigenvalue weighted by molar-refractivity contribution is 5.85. The maximum Gasteiger partial charge on any atom is 0.230 e. The average Bonchev–Trinajstić information content (AvgIpc) is 2.91. The summed E-state index contributed by atoms with van der Waals surface area (Å²) in [6, 6.07) is 0.602. The molecule has 124 valence electrons. The van der Waals surface area contributed by atoms with Crippen molar-refractivity contribution < 1.29 is 4.79 Å². The van der Waals surface area contributed by atoms with E-state index in [4.69, 9.17) is 0 Å². The van der Waals surface area contributed by atoms with Gasteiger partial charge in [-0.15, -0.1) is 24.8 Å². The molecule has 2 atom stereocenters. The summed E-state index contributed by atoms with van der Waals surface area (Å²) in [6.45, 7) is 3.86. The molecule has 3 rings (SSSR count). The van der Waals surface area contributed by atoms with Gasteiger partial charge >= 0.3 is 0 Å². The number of halogens is 2. The van der Waals surface area contributed by atoms with Gasteiger partial charge in [0.25, 0.3) is 0 Å². The summed E-state index contributed by atoms with van der Waals surface area (Å²) in [6.07, 6.45) is 7.11. The zero-order valence-corrected chi connectivity index (χ0v) is 14.5. The fourth-order valence-corrected chi connectivity index (χ4v) is 4.35. The Hall–Kier alpha value is -0.0300. The Morgan fingerprint density at radius 3 is 2.57 bits per heavy atom. The van der Waals surface area contributed by atoms with E-state index in [9.17, 15) is 4.79 Å². The molecule has 2 aliphatic heterocycles. The van der Waals surface area contributed by atoms with Crippen LogP contribution in [0.1, 0.15) is 38.5 Å². The Morgan fingerprint density at radius 1 is 1.19 bits per heavy atom. The fraction of sp³-hybridized carbons (Fsp3) is 0.933. The number of amides is 1. The van der Waals surface area contributed by atoms with Gasteiger partial charge in [0.2, 0.25) is 5.91 Å². The molecule has 1 saturated carbocycles. The van der Waals surface area contributed by atoms with Crippen LogP contribution in [0.4, 0.5) is 0 Å². The van der Waals surface area contributed by atoms with E-state index >= 15 is 0 Å². The van der Waals surface area contributed by atoms with E-state index in [1.54, 1.807) is 0 Å². The molecule has 0 radical (unpaired) electrons. The molecule has 6 heteroatoms. The number of nitrogens with zero attached hydrogens (tertiary/aromatic N) is 1. The molecule has 0 aromatic carbocycles. The Labute approximate surface area is 140 Å². The Bertz CT molecular complexity index is 348. The van der Waals surface area contributed by atoms with E-state index in [1.807, 2.05) is 7.05 Å². The molecular formula is C15H29Cl2N3O. The van der Waals surface area contributed by atoms with Crippen LogP contribution < -0.4 is 10.6 Å². The van der Waals surface area contributed by atoms with Crippen LogP contribution in [-0.4, -0.2) is 50.1 Å². The number of piperidine rings is 1. The average molecular weight is 338 g/mol. The van der Waals surface area contributed by atoms with Crippen LogP contribution in [0.25, 0.3) is 0 Å².